The molecule has 0 aliphatic carbocycles. The topological polar surface area (TPSA) is 62.3 Å². The first-order valence-corrected chi connectivity index (χ1v) is 12.4. The van der Waals surface area contributed by atoms with Crippen molar-refractivity contribution in [2.24, 2.45) is 0 Å². The highest BCUT2D eigenvalue weighted by atomic mass is 32.2. The first kappa shape index (κ1) is 22.3. The molecule has 3 heterocycles. The van der Waals surface area contributed by atoms with Crippen LogP contribution in [0.2, 0.25) is 0 Å². The Kier molecular flexibility index (Phi) is 6.07. The summed E-state index contributed by atoms with van der Waals surface area (Å²) >= 11 is 1.43. The number of carbonyl (C=O) groups excluding carboxylic acids is 2. The number of hydrogen-bond donors (Lipinski definition) is 0. The number of hydrogen-bond acceptors (Lipinski definition) is 6. The van der Waals surface area contributed by atoms with Gasteiger partial charge in [0.05, 0.1) is 37.4 Å². The second kappa shape index (κ2) is 9.00. The maximum Gasteiger partial charge on any atom is 0.269 e. The number of fused-ring (bicyclic) bond motifs is 2. The van der Waals surface area contributed by atoms with E-state index in [2.05, 4.69) is 11.8 Å². The van der Waals surface area contributed by atoms with Crippen molar-refractivity contribution in [3.8, 4) is 5.75 Å². The van der Waals surface area contributed by atoms with E-state index >= 15 is 0 Å². The Bertz CT molecular complexity index is 1040. The molecule has 2 amide bonds. The Morgan fingerprint density at radius 3 is 2.55 bits per heavy atom. The molecular formula is C25H29N3O4S. The first-order valence-electron chi connectivity index (χ1n) is 11.5. The average Bonchev–Trinajstić information content (AvgIpc) is 3.24. The second-order valence-electron chi connectivity index (χ2n) is 8.54. The minimum atomic E-state index is -1.11. The van der Waals surface area contributed by atoms with Crippen LogP contribution in [0, 0.1) is 0 Å². The van der Waals surface area contributed by atoms with Crippen LogP contribution in [0.3, 0.4) is 0 Å². The molecule has 0 saturated carbocycles. The molecule has 8 heteroatoms. The van der Waals surface area contributed by atoms with Gasteiger partial charge in [0.25, 0.3) is 5.91 Å². The fraction of sp³-hybridized carbons (Fsp3) is 0.440. The van der Waals surface area contributed by atoms with Gasteiger partial charge in [-0.1, -0.05) is 25.1 Å². The standard InChI is InChI=1S/C25H29N3O4S/c1-3-14-32-20-10-8-19(9-11-20)28-23(29)18(2)33-25(28)21-6-4-5-7-22(21)27(24(25)30)17-26-12-15-31-16-13-26/h4-11,18H,3,12-17H2,1-2H3/t18-,25-/m1/s1. The molecule has 0 bridgehead atoms. The third-order valence-corrected chi connectivity index (χ3v) is 7.81. The van der Waals surface area contributed by atoms with Gasteiger partial charge < -0.3 is 9.47 Å². The molecule has 2 aromatic carbocycles. The highest BCUT2D eigenvalue weighted by molar-refractivity contribution is 8.03. The summed E-state index contributed by atoms with van der Waals surface area (Å²) in [6.45, 7) is 7.96. The zero-order valence-electron chi connectivity index (χ0n) is 19.0. The van der Waals surface area contributed by atoms with E-state index in [4.69, 9.17) is 9.47 Å². The van der Waals surface area contributed by atoms with Crippen molar-refractivity contribution in [3.63, 3.8) is 0 Å². The summed E-state index contributed by atoms with van der Waals surface area (Å²) in [6.07, 6.45) is 0.924. The lowest BCUT2D eigenvalue weighted by atomic mass is 10.0. The highest BCUT2D eigenvalue weighted by Crippen LogP contribution is 2.57. The molecule has 2 saturated heterocycles. The lowest BCUT2D eigenvalue weighted by molar-refractivity contribution is -0.124. The number of nitrogens with zero attached hydrogens (tertiary/aromatic N) is 3. The van der Waals surface area contributed by atoms with Crippen LogP contribution in [0.4, 0.5) is 11.4 Å². The van der Waals surface area contributed by atoms with E-state index in [0.717, 1.165) is 36.5 Å². The third kappa shape index (κ3) is 3.70. The summed E-state index contributed by atoms with van der Waals surface area (Å²) in [5.74, 6) is 0.636. The van der Waals surface area contributed by atoms with E-state index < -0.39 is 4.87 Å². The summed E-state index contributed by atoms with van der Waals surface area (Å²) in [5, 5.41) is -0.332. The van der Waals surface area contributed by atoms with Crippen molar-refractivity contribution in [2.45, 2.75) is 30.4 Å². The molecule has 3 aliphatic heterocycles. The van der Waals surface area contributed by atoms with Crippen molar-refractivity contribution >= 4 is 35.0 Å². The summed E-state index contributed by atoms with van der Waals surface area (Å²) < 4.78 is 11.2. The Balaban J connectivity index is 1.54. The number of morpholine rings is 1. The minimum Gasteiger partial charge on any atom is -0.494 e. The number of para-hydroxylation sites is 1. The second-order valence-corrected chi connectivity index (χ2v) is 10.1. The smallest absolute Gasteiger partial charge is 0.269 e. The molecule has 2 fully saturated rings. The van der Waals surface area contributed by atoms with E-state index in [0.29, 0.717) is 32.2 Å². The molecule has 174 valence electrons. The number of rotatable bonds is 6. The highest BCUT2D eigenvalue weighted by Gasteiger charge is 2.63. The van der Waals surface area contributed by atoms with Crippen molar-refractivity contribution in [2.75, 3.05) is 49.4 Å². The van der Waals surface area contributed by atoms with Gasteiger partial charge >= 0.3 is 0 Å². The average molecular weight is 468 g/mol. The number of thioether (sulfide) groups is 1. The molecule has 2 atom stereocenters. The molecule has 2 aromatic rings. The van der Waals surface area contributed by atoms with Gasteiger partial charge in [0.15, 0.2) is 0 Å². The minimum absolute atomic E-state index is 0.0568. The maximum absolute atomic E-state index is 14.2. The van der Waals surface area contributed by atoms with Gasteiger partial charge in [-0.3, -0.25) is 24.3 Å². The number of benzene rings is 2. The first-order chi connectivity index (χ1) is 16.1. The Labute approximate surface area is 198 Å². The Morgan fingerprint density at radius 1 is 1.09 bits per heavy atom. The summed E-state index contributed by atoms with van der Waals surface area (Å²) in [4.78, 5) is 32.3. The van der Waals surface area contributed by atoms with Gasteiger partial charge in [-0.2, -0.15) is 0 Å². The Morgan fingerprint density at radius 2 is 1.82 bits per heavy atom. The van der Waals surface area contributed by atoms with Gasteiger partial charge in [-0.15, -0.1) is 11.8 Å². The quantitative estimate of drug-likeness (QED) is 0.649. The van der Waals surface area contributed by atoms with Crippen LogP contribution < -0.4 is 14.5 Å². The maximum atomic E-state index is 14.2. The fourth-order valence-electron chi connectivity index (χ4n) is 4.73. The number of carbonyl (C=O) groups is 2. The van der Waals surface area contributed by atoms with Crippen molar-refractivity contribution in [1.29, 1.82) is 0 Å². The van der Waals surface area contributed by atoms with Crippen LogP contribution in [-0.2, 0) is 19.2 Å². The number of ether oxygens (including phenoxy) is 2. The van der Waals surface area contributed by atoms with E-state index in [-0.39, 0.29) is 17.1 Å². The molecule has 5 rings (SSSR count). The summed E-state index contributed by atoms with van der Waals surface area (Å²) in [7, 11) is 0. The van der Waals surface area contributed by atoms with Crippen LogP contribution in [0.15, 0.2) is 48.5 Å². The SMILES string of the molecule is CCCOc1ccc(N2C(=O)[C@@H](C)S[C@]23C(=O)N(CN2CCOCC2)c2ccccc23)cc1. The molecule has 33 heavy (non-hydrogen) atoms. The van der Waals surface area contributed by atoms with E-state index in [1.54, 1.807) is 4.90 Å². The van der Waals surface area contributed by atoms with E-state index in [1.807, 2.05) is 60.4 Å². The van der Waals surface area contributed by atoms with Crippen molar-refractivity contribution in [3.05, 3.63) is 54.1 Å². The lowest BCUT2D eigenvalue weighted by Crippen LogP contribution is -2.52. The molecule has 1 spiro atoms. The monoisotopic (exact) mass is 467 g/mol. The van der Waals surface area contributed by atoms with Crippen LogP contribution in [0.1, 0.15) is 25.8 Å². The van der Waals surface area contributed by atoms with Crippen LogP contribution in [-0.4, -0.2) is 61.5 Å². The fourth-order valence-corrected chi connectivity index (χ4v) is 6.26. The lowest BCUT2D eigenvalue weighted by Gasteiger charge is -2.35. The molecule has 0 radical (unpaired) electrons. The molecular weight excluding hydrogens is 438 g/mol. The van der Waals surface area contributed by atoms with Gasteiger partial charge in [0.2, 0.25) is 10.8 Å². The summed E-state index contributed by atoms with van der Waals surface area (Å²) in [6, 6.07) is 15.4. The van der Waals surface area contributed by atoms with Crippen LogP contribution in [0.25, 0.3) is 0 Å². The van der Waals surface area contributed by atoms with Gasteiger partial charge in [-0.25, -0.2) is 0 Å². The van der Waals surface area contributed by atoms with Crippen LogP contribution in [0.5, 0.6) is 5.75 Å². The molecule has 0 aromatic heterocycles. The molecule has 3 aliphatic rings. The summed E-state index contributed by atoms with van der Waals surface area (Å²) in [5.41, 5.74) is 2.45. The number of amides is 2. The molecule has 7 nitrogen and oxygen atoms in total. The number of anilines is 2. The molecule has 0 unspecified atom stereocenters. The predicted molar refractivity (Wildman–Crippen MR) is 130 cm³/mol. The van der Waals surface area contributed by atoms with Gasteiger partial charge in [0, 0.05) is 24.3 Å². The van der Waals surface area contributed by atoms with E-state index in [1.165, 1.54) is 11.8 Å². The van der Waals surface area contributed by atoms with Gasteiger partial charge in [0.1, 0.15) is 5.75 Å². The predicted octanol–water partition coefficient (Wildman–Crippen LogP) is 3.43. The van der Waals surface area contributed by atoms with Crippen molar-refractivity contribution < 1.29 is 19.1 Å². The zero-order chi connectivity index (χ0) is 23.0. The van der Waals surface area contributed by atoms with Gasteiger partial charge in [-0.05, 0) is 43.7 Å². The van der Waals surface area contributed by atoms with E-state index in [9.17, 15) is 9.59 Å². The zero-order valence-corrected chi connectivity index (χ0v) is 19.8. The van der Waals surface area contributed by atoms with Crippen LogP contribution >= 0.6 is 11.8 Å². The Hall–Kier alpha value is -2.55. The normalized spacial score (nSPS) is 25.2. The van der Waals surface area contributed by atoms with Crippen molar-refractivity contribution in [1.82, 2.24) is 4.90 Å². The third-order valence-electron chi connectivity index (χ3n) is 6.34. The largest absolute Gasteiger partial charge is 0.494 e. The molecule has 0 N–H and O–H groups in total.